The van der Waals surface area contributed by atoms with Crippen LogP contribution in [-0.2, 0) is 9.47 Å². The number of ether oxygens (including phenoxy) is 2. The highest BCUT2D eigenvalue weighted by Gasteiger charge is 2.17. The molecule has 0 amide bonds. The van der Waals surface area contributed by atoms with Crippen LogP contribution in [0, 0.1) is 11.2 Å². The Morgan fingerprint density at radius 2 is 1.68 bits per heavy atom. The van der Waals surface area contributed by atoms with Crippen LogP contribution in [0.15, 0.2) is 72.8 Å². The summed E-state index contributed by atoms with van der Waals surface area (Å²) in [6.07, 6.45) is 0.485. The number of hydrogen-bond acceptors (Lipinski definition) is 3. The molecule has 0 atom stereocenters. The third kappa shape index (κ3) is 4.11. The van der Waals surface area contributed by atoms with E-state index in [9.17, 15) is 4.39 Å². The Morgan fingerprint density at radius 1 is 0.893 bits per heavy atom. The lowest BCUT2D eigenvalue weighted by Crippen LogP contribution is -2.18. The Hall–Kier alpha value is -3.02. The molecule has 142 valence electrons. The van der Waals surface area contributed by atoms with E-state index in [0.29, 0.717) is 18.9 Å². The minimum Gasteiger partial charge on any atom is -0.348 e. The first-order valence-corrected chi connectivity index (χ1v) is 9.25. The fourth-order valence-corrected chi connectivity index (χ4v) is 3.18. The lowest BCUT2D eigenvalue weighted by molar-refractivity contribution is -0.183. The molecule has 4 rings (SSSR count). The Morgan fingerprint density at radius 3 is 2.46 bits per heavy atom. The van der Waals surface area contributed by atoms with Crippen molar-refractivity contribution in [2.75, 3.05) is 18.5 Å². The van der Waals surface area contributed by atoms with Gasteiger partial charge < -0.3 is 14.8 Å². The first-order valence-electron chi connectivity index (χ1n) is 9.25. The minimum absolute atomic E-state index is 0.00193. The predicted octanol–water partition coefficient (Wildman–Crippen LogP) is 5.37. The van der Waals surface area contributed by atoms with Gasteiger partial charge >= 0.3 is 0 Å². The molecule has 3 aromatic carbocycles. The number of benzene rings is 3. The molecule has 4 nitrogen and oxygen atoms in total. The van der Waals surface area contributed by atoms with Gasteiger partial charge in [-0.1, -0.05) is 48.5 Å². The zero-order valence-electron chi connectivity index (χ0n) is 15.3. The summed E-state index contributed by atoms with van der Waals surface area (Å²) in [7, 11) is 0. The molecule has 1 fully saturated rings. The van der Waals surface area contributed by atoms with Gasteiger partial charge in [0.2, 0.25) is 0 Å². The van der Waals surface area contributed by atoms with E-state index in [1.54, 1.807) is 12.1 Å². The molecule has 5 heteroatoms. The Balaban J connectivity index is 1.55. The summed E-state index contributed by atoms with van der Waals surface area (Å²) >= 11 is 0. The van der Waals surface area contributed by atoms with Crippen LogP contribution in [-0.4, -0.2) is 19.0 Å². The number of halogens is 1. The second-order valence-electron chi connectivity index (χ2n) is 6.61. The summed E-state index contributed by atoms with van der Waals surface area (Å²) in [5, 5.41) is 11.4. The lowest BCUT2D eigenvalue weighted by atomic mass is 10.0. The van der Waals surface area contributed by atoms with Gasteiger partial charge in [0.15, 0.2) is 6.29 Å². The van der Waals surface area contributed by atoms with E-state index in [-0.39, 0.29) is 11.4 Å². The molecule has 1 saturated heterocycles. The van der Waals surface area contributed by atoms with E-state index >= 15 is 0 Å². The molecule has 0 aliphatic carbocycles. The third-order valence-electron chi connectivity index (χ3n) is 4.60. The van der Waals surface area contributed by atoms with Crippen LogP contribution in [0.3, 0.4) is 0 Å². The van der Waals surface area contributed by atoms with Crippen molar-refractivity contribution >= 4 is 11.5 Å². The average Bonchev–Trinajstić information content (AvgIpc) is 2.75. The van der Waals surface area contributed by atoms with Gasteiger partial charge in [-0.15, -0.1) is 0 Å². The molecule has 0 unspecified atom stereocenters. The SMILES string of the molecule is N=C(Nc1cccc(C2OCCCO2)c1)c1cc(-c2ccccc2)ccc1F. The van der Waals surface area contributed by atoms with Crippen LogP contribution < -0.4 is 5.32 Å². The molecule has 0 radical (unpaired) electrons. The monoisotopic (exact) mass is 376 g/mol. The average molecular weight is 376 g/mol. The zero-order chi connectivity index (χ0) is 19.3. The highest BCUT2D eigenvalue weighted by atomic mass is 19.1. The molecular weight excluding hydrogens is 355 g/mol. The summed E-state index contributed by atoms with van der Waals surface area (Å²) in [4.78, 5) is 0. The fraction of sp³-hybridized carbons (Fsp3) is 0.174. The summed E-state index contributed by atoms with van der Waals surface area (Å²) in [5.41, 5.74) is 3.61. The zero-order valence-corrected chi connectivity index (χ0v) is 15.3. The minimum atomic E-state index is -0.438. The van der Waals surface area contributed by atoms with Gasteiger partial charge in [0.1, 0.15) is 11.7 Å². The summed E-state index contributed by atoms with van der Waals surface area (Å²) in [6, 6.07) is 22.0. The molecule has 0 aromatic heterocycles. The smallest absolute Gasteiger partial charge is 0.183 e. The molecule has 2 N–H and O–H groups in total. The van der Waals surface area contributed by atoms with Crippen molar-refractivity contribution in [2.45, 2.75) is 12.7 Å². The van der Waals surface area contributed by atoms with E-state index in [1.165, 1.54) is 6.07 Å². The quantitative estimate of drug-likeness (QED) is 0.476. The van der Waals surface area contributed by atoms with E-state index < -0.39 is 12.1 Å². The second kappa shape index (κ2) is 8.33. The Bertz CT molecular complexity index is 969. The van der Waals surface area contributed by atoms with Crippen molar-refractivity contribution in [3.63, 3.8) is 0 Å². The van der Waals surface area contributed by atoms with Gasteiger partial charge in [0, 0.05) is 11.3 Å². The number of rotatable bonds is 4. The topological polar surface area (TPSA) is 54.3 Å². The van der Waals surface area contributed by atoms with E-state index in [2.05, 4.69) is 5.32 Å². The van der Waals surface area contributed by atoms with Gasteiger partial charge in [-0.3, -0.25) is 5.41 Å². The van der Waals surface area contributed by atoms with E-state index in [0.717, 1.165) is 23.1 Å². The molecule has 3 aromatic rings. The fourth-order valence-electron chi connectivity index (χ4n) is 3.18. The first-order chi connectivity index (χ1) is 13.7. The number of anilines is 1. The molecule has 0 bridgehead atoms. The van der Waals surface area contributed by atoms with E-state index in [4.69, 9.17) is 14.9 Å². The second-order valence-corrected chi connectivity index (χ2v) is 6.61. The maximum Gasteiger partial charge on any atom is 0.183 e. The standard InChI is InChI=1S/C23H21FN2O2/c24-21-11-10-17(16-6-2-1-3-7-16)15-20(21)22(25)26-19-9-4-8-18(14-19)23-27-12-5-13-28-23/h1-4,6-11,14-15,23H,5,12-13H2,(H2,25,26). The Kier molecular flexibility index (Phi) is 5.46. The predicted molar refractivity (Wildman–Crippen MR) is 108 cm³/mol. The third-order valence-corrected chi connectivity index (χ3v) is 4.60. The highest BCUT2D eigenvalue weighted by Crippen LogP contribution is 2.26. The Labute approximate surface area is 163 Å². The van der Waals surface area contributed by atoms with Crippen LogP contribution in [0.25, 0.3) is 11.1 Å². The lowest BCUT2D eigenvalue weighted by Gasteiger charge is -2.24. The van der Waals surface area contributed by atoms with Crippen LogP contribution in [0.1, 0.15) is 23.8 Å². The molecular formula is C23H21FN2O2. The van der Waals surface area contributed by atoms with Crippen molar-refractivity contribution in [2.24, 2.45) is 0 Å². The number of nitrogens with one attached hydrogen (secondary N) is 2. The van der Waals surface area contributed by atoms with Crippen LogP contribution in [0.4, 0.5) is 10.1 Å². The molecule has 0 saturated carbocycles. The molecule has 1 aliphatic heterocycles. The maximum atomic E-state index is 14.4. The van der Waals surface area contributed by atoms with Crippen molar-refractivity contribution < 1.29 is 13.9 Å². The van der Waals surface area contributed by atoms with Crippen LogP contribution >= 0.6 is 0 Å². The van der Waals surface area contributed by atoms with Gasteiger partial charge in [0.05, 0.1) is 18.8 Å². The first kappa shape index (κ1) is 18.3. The van der Waals surface area contributed by atoms with E-state index in [1.807, 2.05) is 54.6 Å². The largest absolute Gasteiger partial charge is 0.348 e. The summed E-state index contributed by atoms with van der Waals surface area (Å²) in [6.45, 7) is 1.32. The van der Waals surface area contributed by atoms with Crippen molar-refractivity contribution in [1.29, 1.82) is 5.41 Å². The summed E-state index contributed by atoms with van der Waals surface area (Å²) < 4.78 is 25.6. The van der Waals surface area contributed by atoms with Gasteiger partial charge in [-0.25, -0.2) is 4.39 Å². The summed E-state index contributed by atoms with van der Waals surface area (Å²) in [5.74, 6) is -0.440. The van der Waals surface area contributed by atoms with Gasteiger partial charge in [-0.05, 0) is 41.8 Å². The molecule has 0 spiro atoms. The van der Waals surface area contributed by atoms with Crippen molar-refractivity contribution in [3.05, 3.63) is 89.7 Å². The molecule has 1 aliphatic rings. The molecule has 28 heavy (non-hydrogen) atoms. The number of amidine groups is 1. The van der Waals surface area contributed by atoms with Gasteiger partial charge in [-0.2, -0.15) is 0 Å². The van der Waals surface area contributed by atoms with Crippen LogP contribution in [0.2, 0.25) is 0 Å². The molecule has 1 heterocycles. The number of hydrogen-bond donors (Lipinski definition) is 2. The van der Waals surface area contributed by atoms with Crippen LogP contribution in [0.5, 0.6) is 0 Å². The maximum absolute atomic E-state index is 14.4. The van der Waals surface area contributed by atoms with Crippen molar-refractivity contribution in [1.82, 2.24) is 0 Å². The van der Waals surface area contributed by atoms with Crippen molar-refractivity contribution in [3.8, 4) is 11.1 Å². The van der Waals surface area contributed by atoms with Gasteiger partial charge in [0.25, 0.3) is 0 Å². The highest BCUT2D eigenvalue weighted by molar-refractivity contribution is 6.07. The normalized spacial score (nSPS) is 14.6.